The van der Waals surface area contributed by atoms with Gasteiger partial charge in [-0.25, -0.2) is 4.79 Å². The SMILES string of the molecule is CN(C)C1C[C@@H]2CC(N(C)Cc3cc(Cl)ccc3OCC(=O)O)C[C@@H]2C1. The van der Waals surface area contributed by atoms with E-state index in [-0.39, 0.29) is 6.61 Å². The number of ether oxygens (including phenoxy) is 1. The highest BCUT2D eigenvalue weighted by Gasteiger charge is 2.43. The highest BCUT2D eigenvalue weighted by atomic mass is 35.5. The summed E-state index contributed by atoms with van der Waals surface area (Å²) in [5.41, 5.74) is 0.949. The number of nitrogens with zero attached hydrogens (tertiary/aromatic N) is 2. The second kappa shape index (κ2) is 8.15. The highest BCUT2D eigenvalue weighted by Crippen LogP contribution is 2.46. The number of carboxylic acids is 1. The van der Waals surface area contributed by atoms with Crippen molar-refractivity contribution in [3.05, 3.63) is 28.8 Å². The van der Waals surface area contributed by atoms with Crippen molar-refractivity contribution in [3.8, 4) is 5.75 Å². The fourth-order valence-corrected chi connectivity index (χ4v) is 4.88. The Kier molecular flexibility index (Phi) is 6.10. The van der Waals surface area contributed by atoms with Crippen LogP contribution < -0.4 is 4.74 Å². The van der Waals surface area contributed by atoms with Crippen LogP contribution >= 0.6 is 11.6 Å². The van der Waals surface area contributed by atoms with Crippen LogP contribution in [0.1, 0.15) is 31.2 Å². The number of rotatable bonds is 7. The Morgan fingerprint density at radius 1 is 1.15 bits per heavy atom. The molecule has 0 aliphatic heterocycles. The highest BCUT2D eigenvalue weighted by molar-refractivity contribution is 6.30. The van der Waals surface area contributed by atoms with Gasteiger partial charge < -0.3 is 14.7 Å². The molecule has 2 fully saturated rings. The monoisotopic (exact) mass is 380 g/mol. The van der Waals surface area contributed by atoms with Gasteiger partial charge in [0.1, 0.15) is 5.75 Å². The molecule has 1 aromatic carbocycles. The molecule has 0 amide bonds. The van der Waals surface area contributed by atoms with Crippen LogP contribution in [0, 0.1) is 11.8 Å². The number of benzene rings is 1. The summed E-state index contributed by atoms with van der Waals surface area (Å²) < 4.78 is 5.44. The van der Waals surface area contributed by atoms with Gasteiger partial charge >= 0.3 is 5.97 Å². The number of hydrogen-bond donors (Lipinski definition) is 1. The average molecular weight is 381 g/mol. The molecule has 6 heteroatoms. The summed E-state index contributed by atoms with van der Waals surface area (Å²) in [6.45, 7) is 0.384. The maximum atomic E-state index is 10.8. The van der Waals surface area contributed by atoms with Gasteiger partial charge in [0, 0.05) is 29.2 Å². The second-order valence-electron chi connectivity index (χ2n) is 8.08. The minimum Gasteiger partial charge on any atom is -0.482 e. The summed E-state index contributed by atoms with van der Waals surface area (Å²) >= 11 is 6.15. The number of aliphatic carboxylic acids is 1. The van der Waals surface area contributed by atoms with Gasteiger partial charge in [0.05, 0.1) is 0 Å². The summed E-state index contributed by atoms with van der Waals surface area (Å²) in [7, 11) is 6.53. The molecule has 0 bridgehead atoms. The lowest BCUT2D eigenvalue weighted by atomic mass is 10.0. The topological polar surface area (TPSA) is 53.0 Å². The number of hydrogen-bond acceptors (Lipinski definition) is 4. The third-order valence-corrected chi connectivity index (χ3v) is 6.35. The van der Waals surface area contributed by atoms with Crippen LogP contribution in [-0.2, 0) is 11.3 Å². The van der Waals surface area contributed by atoms with E-state index < -0.39 is 5.97 Å². The maximum Gasteiger partial charge on any atom is 0.341 e. The van der Waals surface area contributed by atoms with Crippen molar-refractivity contribution in [2.45, 2.75) is 44.3 Å². The largest absolute Gasteiger partial charge is 0.482 e. The van der Waals surface area contributed by atoms with E-state index in [1.807, 2.05) is 6.07 Å². The first-order valence-corrected chi connectivity index (χ1v) is 9.71. The van der Waals surface area contributed by atoms with Crippen molar-refractivity contribution in [1.29, 1.82) is 0 Å². The molecule has 4 atom stereocenters. The molecular weight excluding hydrogens is 352 g/mol. The predicted octanol–water partition coefficient (Wildman–Crippen LogP) is 3.35. The average Bonchev–Trinajstić information content (AvgIpc) is 3.12. The van der Waals surface area contributed by atoms with Crippen molar-refractivity contribution in [1.82, 2.24) is 9.80 Å². The molecule has 0 radical (unpaired) electrons. The molecule has 1 aromatic rings. The van der Waals surface area contributed by atoms with Gasteiger partial charge in [-0.3, -0.25) is 4.90 Å². The lowest BCUT2D eigenvalue weighted by Crippen LogP contribution is -2.31. The minimum atomic E-state index is -0.974. The Bertz CT molecular complexity index is 638. The Hall–Kier alpha value is -1.30. The summed E-state index contributed by atoms with van der Waals surface area (Å²) in [5, 5.41) is 9.51. The van der Waals surface area contributed by atoms with Crippen molar-refractivity contribution in [3.63, 3.8) is 0 Å². The molecular formula is C20H29ClN2O3. The Morgan fingerprint density at radius 3 is 2.35 bits per heavy atom. The summed E-state index contributed by atoms with van der Waals surface area (Å²) in [4.78, 5) is 15.6. The zero-order chi connectivity index (χ0) is 18.8. The number of carboxylic acid groups (broad SMARTS) is 1. The van der Waals surface area contributed by atoms with E-state index in [0.29, 0.717) is 16.8 Å². The third kappa shape index (κ3) is 4.51. The smallest absolute Gasteiger partial charge is 0.341 e. The van der Waals surface area contributed by atoms with Crippen LogP contribution in [0.15, 0.2) is 18.2 Å². The molecule has 0 saturated heterocycles. The molecule has 0 aromatic heterocycles. The maximum absolute atomic E-state index is 10.8. The molecule has 2 aliphatic carbocycles. The number of halogens is 1. The van der Waals surface area contributed by atoms with Gasteiger partial charge in [-0.2, -0.15) is 0 Å². The van der Waals surface area contributed by atoms with Gasteiger partial charge in [0.15, 0.2) is 6.61 Å². The Balaban J connectivity index is 1.61. The Morgan fingerprint density at radius 2 is 1.77 bits per heavy atom. The zero-order valence-electron chi connectivity index (χ0n) is 15.8. The fraction of sp³-hybridized carbons (Fsp3) is 0.650. The molecule has 144 valence electrons. The predicted molar refractivity (Wildman–Crippen MR) is 103 cm³/mol. The van der Waals surface area contributed by atoms with Gasteiger partial charge in [0.2, 0.25) is 0 Å². The molecule has 2 aliphatic rings. The quantitative estimate of drug-likeness (QED) is 0.786. The van der Waals surface area contributed by atoms with Crippen LogP contribution in [0.5, 0.6) is 5.75 Å². The first kappa shape index (κ1) is 19.5. The van der Waals surface area contributed by atoms with Crippen LogP contribution in [0.25, 0.3) is 0 Å². The Labute approximate surface area is 160 Å². The summed E-state index contributed by atoms with van der Waals surface area (Å²) in [6, 6.07) is 6.69. The lowest BCUT2D eigenvalue weighted by molar-refractivity contribution is -0.139. The van der Waals surface area contributed by atoms with Crippen molar-refractivity contribution >= 4 is 17.6 Å². The molecule has 0 spiro atoms. The second-order valence-corrected chi connectivity index (χ2v) is 8.52. The van der Waals surface area contributed by atoms with Crippen molar-refractivity contribution in [2.24, 2.45) is 11.8 Å². The van der Waals surface area contributed by atoms with Crippen molar-refractivity contribution < 1.29 is 14.6 Å². The molecule has 0 heterocycles. The molecule has 2 unspecified atom stereocenters. The zero-order valence-corrected chi connectivity index (χ0v) is 16.6. The standard InChI is InChI=1S/C20H29ClN2O3/c1-22(2)17-7-13-9-18(10-14(13)8-17)23(3)11-15-6-16(21)4-5-19(15)26-12-20(24)25/h4-6,13-14,17-18H,7-12H2,1-3H3,(H,24,25)/t13-,14+,17?,18?. The fourth-order valence-electron chi connectivity index (χ4n) is 4.68. The van der Waals surface area contributed by atoms with E-state index in [1.54, 1.807) is 12.1 Å². The first-order chi connectivity index (χ1) is 12.3. The van der Waals surface area contributed by atoms with E-state index in [9.17, 15) is 4.79 Å². The molecule has 3 rings (SSSR count). The van der Waals surface area contributed by atoms with Crippen LogP contribution in [-0.4, -0.2) is 60.7 Å². The van der Waals surface area contributed by atoms with E-state index in [2.05, 4.69) is 30.9 Å². The van der Waals surface area contributed by atoms with Gasteiger partial charge in [0.25, 0.3) is 0 Å². The normalized spacial score (nSPS) is 27.9. The number of carbonyl (C=O) groups is 1. The van der Waals surface area contributed by atoms with E-state index in [0.717, 1.165) is 30.0 Å². The number of fused-ring (bicyclic) bond motifs is 1. The third-order valence-electron chi connectivity index (χ3n) is 6.11. The molecule has 2 saturated carbocycles. The first-order valence-electron chi connectivity index (χ1n) is 9.33. The summed E-state index contributed by atoms with van der Waals surface area (Å²) in [5.74, 6) is 1.29. The van der Waals surface area contributed by atoms with Crippen LogP contribution in [0.2, 0.25) is 5.02 Å². The van der Waals surface area contributed by atoms with Crippen molar-refractivity contribution in [2.75, 3.05) is 27.7 Å². The van der Waals surface area contributed by atoms with E-state index in [4.69, 9.17) is 21.4 Å². The van der Waals surface area contributed by atoms with Gasteiger partial charge in [-0.15, -0.1) is 0 Å². The van der Waals surface area contributed by atoms with Crippen LogP contribution in [0.3, 0.4) is 0 Å². The van der Waals surface area contributed by atoms with E-state index >= 15 is 0 Å². The molecule has 5 nitrogen and oxygen atoms in total. The van der Waals surface area contributed by atoms with E-state index in [1.165, 1.54) is 25.7 Å². The van der Waals surface area contributed by atoms with Gasteiger partial charge in [-0.05, 0) is 76.9 Å². The van der Waals surface area contributed by atoms with Gasteiger partial charge in [-0.1, -0.05) is 11.6 Å². The minimum absolute atomic E-state index is 0.335. The summed E-state index contributed by atoms with van der Waals surface area (Å²) in [6.07, 6.45) is 5.12. The van der Waals surface area contributed by atoms with Crippen LogP contribution in [0.4, 0.5) is 0 Å². The lowest BCUT2D eigenvalue weighted by Gasteiger charge is -2.27. The molecule has 26 heavy (non-hydrogen) atoms. The molecule has 1 N–H and O–H groups in total.